The molecule has 0 radical (unpaired) electrons. The van der Waals surface area contributed by atoms with Gasteiger partial charge in [0.15, 0.2) is 5.02 Å². The van der Waals surface area contributed by atoms with Crippen LogP contribution < -0.4 is 15.6 Å². The second kappa shape index (κ2) is 5.11. The molecule has 104 valence electrons. The Morgan fingerprint density at radius 3 is 3.05 bits per heavy atom. The number of aromatic nitrogens is 2. The SMILES string of the molecule is O=c1[nH]cnc(OC2COC3(CCNCC3)C2)c1Cl. The average molecular weight is 286 g/mol. The van der Waals surface area contributed by atoms with Crippen LogP contribution in [0, 0.1) is 0 Å². The number of ether oxygens (including phenoxy) is 2. The van der Waals surface area contributed by atoms with Crippen LogP contribution in [0.25, 0.3) is 0 Å². The molecule has 7 heteroatoms. The van der Waals surface area contributed by atoms with Gasteiger partial charge in [-0.3, -0.25) is 4.79 Å². The number of hydrogen-bond acceptors (Lipinski definition) is 5. The number of nitrogens with zero attached hydrogens (tertiary/aromatic N) is 1. The number of H-pyrrole nitrogens is 1. The Morgan fingerprint density at radius 1 is 1.47 bits per heavy atom. The van der Waals surface area contributed by atoms with Gasteiger partial charge in [-0.25, -0.2) is 4.98 Å². The molecule has 2 aliphatic heterocycles. The molecule has 0 saturated carbocycles. The molecule has 1 spiro atoms. The van der Waals surface area contributed by atoms with Crippen LogP contribution in [0.2, 0.25) is 5.02 Å². The van der Waals surface area contributed by atoms with E-state index in [1.54, 1.807) is 0 Å². The summed E-state index contributed by atoms with van der Waals surface area (Å²) < 4.78 is 11.6. The zero-order valence-electron chi connectivity index (χ0n) is 10.4. The lowest BCUT2D eigenvalue weighted by atomic mass is 9.89. The fourth-order valence-corrected chi connectivity index (χ4v) is 2.86. The van der Waals surface area contributed by atoms with Gasteiger partial charge in [0.1, 0.15) is 6.10 Å². The predicted octanol–water partition coefficient (Wildman–Crippen LogP) is 0.713. The van der Waals surface area contributed by atoms with Crippen LogP contribution in [0.5, 0.6) is 5.88 Å². The van der Waals surface area contributed by atoms with Crippen molar-refractivity contribution in [3.63, 3.8) is 0 Å². The highest BCUT2D eigenvalue weighted by atomic mass is 35.5. The zero-order chi connectivity index (χ0) is 13.3. The summed E-state index contributed by atoms with van der Waals surface area (Å²) >= 11 is 5.87. The molecule has 0 bridgehead atoms. The highest BCUT2D eigenvalue weighted by molar-refractivity contribution is 6.31. The van der Waals surface area contributed by atoms with Crippen LogP contribution in [-0.2, 0) is 4.74 Å². The van der Waals surface area contributed by atoms with Crippen LogP contribution >= 0.6 is 11.6 Å². The number of nitrogens with one attached hydrogen (secondary N) is 2. The smallest absolute Gasteiger partial charge is 0.273 e. The van der Waals surface area contributed by atoms with Crippen LogP contribution in [0.4, 0.5) is 0 Å². The first-order valence-corrected chi connectivity index (χ1v) is 6.81. The van der Waals surface area contributed by atoms with E-state index in [0.29, 0.717) is 6.61 Å². The van der Waals surface area contributed by atoms with Crippen molar-refractivity contribution < 1.29 is 9.47 Å². The summed E-state index contributed by atoms with van der Waals surface area (Å²) in [5.41, 5.74) is -0.467. The Kier molecular flexibility index (Phi) is 3.47. The fourth-order valence-electron chi connectivity index (χ4n) is 2.72. The fraction of sp³-hybridized carbons (Fsp3) is 0.667. The molecule has 1 aromatic rings. The van der Waals surface area contributed by atoms with E-state index in [1.165, 1.54) is 6.33 Å². The summed E-state index contributed by atoms with van der Waals surface area (Å²) in [7, 11) is 0. The molecule has 1 aromatic heterocycles. The van der Waals surface area contributed by atoms with E-state index in [1.807, 2.05) is 0 Å². The highest BCUT2D eigenvalue weighted by Crippen LogP contribution is 2.35. The Hall–Kier alpha value is -1.11. The third-order valence-corrected chi connectivity index (χ3v) is 4.07. The molecule has 6 nitrogen and oxygen atoms in total. The van der Waals surface area contributed by atoms with Crippen LogP contribution in [0.3, 0.4) is 0 Å². The van der Waals surface area contributed by atoms with Crippen LogP contribution in [0.1, 0.15) is 19.3 Å². The molecular weight excluding hydrogens is 270 g/mol. The van der Waals surface area contributed by atoms with Gasteiger partial charge in [-0.2, -0.15) is 0 Å². The second-order valence-electron chi connectivity index (χ2n) is 5.04. The second-order valence-corrected chi connectivity index (χ2v) is 5.42. The van der Waals surface area contributed by atoms with Crippen LogP contribution in [-0.4, -0.2) is 41.4 Å². The molecule has 0 aliphatic carbocycles. The van der Waals surface area contributed by atoms with Gasteiger partial charge in [-0.05, 0) is 25.9 Å². The minimum absolute atomic E-state index is 0.00578. The van der Waals surface area contributed by atoms with E-state index in [9.17, 15) is 4.79 Å². The van der Waals surface area contributed by atoms with E-state index in [4.69, 9.17) is 21.1 Å². The topological polar surface area (TPSA) is 76.2 Å². The van der Waals surface area contributed by atoms with Gasteiger partial charge in [0, 0.05) is 6.42 Å². The lowest BCUT2D eigenvalue weighted by Crippen LogP contribution is -2.41. The maximum atomic E-state index is 11.4. The van der Waals surface area contributed by atoms with Crippen molar-refractivity contribution in [2.24, 2.45) is 0 Å². The molecule has 0 aromatic carbocycles. The number of piperidine rings is 1. The third-order valence-electron chi connectivity index (χ3n) is 3.73. The predicted molar refractivity (Wildman–Crippen MR) is 69.7 cm³/mol. The summed E-state index contributed by atoms with van der Waals surface area (Å²) in [4.78, 5) is 17.7. The zero-order valence-corrected chi connectivity index (χ0v) is 11.2. The minimum Gasteiger partial charge on any atom is -0.471 e. The molecule has 2 aliphatic rings. The van der Waals surface area contributed by atoms with Gasteiger partial charge in [-0.1, -0.05) is 11.6 Å². The summed E-state index contributed by atoms with van der Waals surface area (Å²) in [6, 6.07) is 0. The van der Waals surface area contributed by atoms with E-state index >= 15 is 0 Å². The standard InChI is InChI=1S/C12H16ClN3O3/c13-9-10(17)15-7-16-11(9)19-8-5-12(18-6-8)1-3-14-4-2-12/h7-8,14H,1-6H2,(H,15,16,17). The Labute approximate surface area is 115 Å². The van der Waals surface area contributed by atoms with E-state index in [-0.39, 0.29) is 28.2 Å². The van der Waals surface area contributed by atoms with Gasteiger partial charge >= 0.3 is 0 Å². The van der Waals surface area contributed by atoms with Crippen molar-refractivity contribution in [1.82, 2.24) is 15.3 Å². The molecule has 0 amide bonds. The summed E-state index contributed by atoms with van der Waals surface area (Å²) in [5, 5.41) is 3.31. The third kappa shape index (κ3) is 2.61. The Morgan fingerprint density at radius 2 is 2.26 bits per heavy atom. The quantitative estimate of drug-likeness (QED) is 0.837. The van der Waals surface area contributed by atoms with Crippen molar-refractivity contribution >= 4 is 11.6 Å². The molecule has 2 fully saturated rings. The monoisotopic (exact) mass is 285 g/mol. The van der Waals surface area contributed by atoms with Gasteiger partial charge in [0.05, 0.1) is 18.5 Å². The van der Waals surface area contributed by atoms with Gasteiger partial charge in [0.2, 0.25) is 5.88 Å². The minimum atomic E-state index is -0.387. The van der Waals surface area contributed by atoms with Gasteiger partial charge in [-0.15, -0.1) is 0 Å². The van der Waals surface area contributed by atoms with E-state index < -0.39 is 0 Å². The summed E-state index contributed by atoms with van der Waals surface area (Å²) in [6.45, 7) is 2.46. The maximum absolute atomic E-state index is 11.4. The molecule has 3 heterocycles. The van der Waals surface area contributed by atoms with E-state index in [0.717, 1.165) is 32.4 Å². The normalized spacial score (nSPS) is 25.6. The van der Waals surface area contributed by atoms with Crippen molar-refractivity contribution in [2.75, 3.05) is 19.7 Å². The van der Waals surface area contributed by atoms with E-state index in [2.05, 4.69) is 15.3 Å². The number of hydrogen-bond donors (Lipinski definition) is 2. The molecular formula is C12H16ClN3O3. The van der Waals surface area contributed by atoms with Crippen LogP contribution in [0.15, 0.2) is 11.1 Å². The van der Waals surface area contributed by atoms with Crippen molar-refractivity contribution in [2.45, 2.75) is 31.0 Å². The lowest BCUT2D eigenvalue weighted by Gasteiger charge is -2.32. The summed E-state index contributed by atoms with van der Waals surface area (Å²) in [6.07, 6.45) is 4.00. The number of aromatic amines is 1. The number of halogens is 1. The largest absolute Gasteiger partial charge is 0.471 e. The first kappa shape index (κ1) is 12.9. The molecule has 2 saturated heterocycles. The highest BCUT2D eigenvalue weighted by Gasteiger charge is 2.42. The first-order valence-electron chi connectivity index (χ1n) is 6.43. The number of rotatable bonds is 2. The Balaban J connectivity index is 1.68. The van der Waals surface area contributed by atoms with Crippen molar-refractivity contribution in [1.29, 1.82) is 0 Å². The molecule has 2 N–H and O–H groups in total. The van der Waals surface area contributed by atoms with Crippen molar-refractivity contribution in [3.05, 3.63) is 21.7 Å². The summed E-state index contributed by atoms with van der Waals surface area (Å²) in [5.74, 6) is 0.185. The molecule has 19 heavy (non-hydrogen) atoms. The molecule has 1 unspecified atom stereocenters. The van der Waals surface area contributed by atoms with Gasteiger partial charge < -0.3 is 19.8 Å². The average Bonchev–Trinajstić information content (AvgIpc) is 2.79. The molecule has 3 rings (SSSR count). The van der Waals surface area contributed by atoms with Gasteiger partial charge in [0.25, 0.3) is 5.56 Å². The first-order chi connectivity index (χ1) is 9.19. The Bertz CT molecular complexity index is 513. The molecule has 1 atom stereocenters. The van der Waals surface area contributed by atoms with Crippen molar-refractivity contribution in [3.8, 4) is 5.88 Å². The lowest BCUT2D eigenvalue weighted by molar-refractivity contribution is -0.0205. The maximum Gasteiger partial charge on any atom is 0.273 e.